The highest BCUT2D eigenvalue weighted by Crippen LogP contribution is 2.13. The molecule has 2 aromatic rings. The third-order valence-electron chi connectivity index (χ3n) is 3.90. The predicted octanol–water partition coefficient (Wildman–Crippen LogP) is 5.08. The van der Waals surface area contributed by atoms with Crippen molar-refractivity contribution in [1.29, 1.82) is 0 Å². The maximum atomic E-state index is 12.6. The maximum Gasteiger partial charge on any atom is 0.322 e. The number of hydrogen-bond acceptors (Lipinski definition) is 1. The lowest BCUT2D eigenvalue weighted by Crippen LogP contribution is -2.35. The van der Waals surface area contributed by atoms with Gasteiger partial charge in [0.15, 0.2) is 0 Å². The van der Waals surface area contributed by atoms with Crippen LogP contribution in [0.2, 0.25) is 0 Å². The third kappa shape index (κ3) is 5.44. The van der Waals surface area contributed by atoms with Crippen molar-refractivity contribution in [2.45, 2.75) is 39.7 Å². The molecule has 0 fully saturated rings. The molecule has 0 aliphatic rings. The highest BCUT2D eigenvalue weighted by atomic mass is 16.2. The number of hydrogen-bond donors (Lipinski definition) is 1. The molecule has 0 aromatic heterocycles. The normalized spacial score (nSPS) is 10.3. The van der Waals surface area contributed by atoms with E-state index in [0.717, 1.165) is 37.1 Å². The van der Waals surface area contributed by atoms with Crippen LogP contribution in [0.5, 0.6) is 0 Å². The van der Waals surface area contributed by atoms with Crippen LogP contribution < -0.4 is 5.32 Å². The minimum atomic E-state index is -0.0356. The molecule has 3 nitrogen and oxygen atoms in total. The SMILES string of the molecule is CCCCN(Cc1ccccc1)C(=O)Nc1ccc(CC)cc1. The average Bonchev–Trinajstić information content (AvgIpc) is 2.60. The van der Waals surface area contributed by atoms with Crippen LogP contribution in [0.4, 0.5) is 10.5 Å². The summed E-state index contributed by atoms with van der Waals surface area (Å²) in [5.74, 6) is 0. The Kier molecular flexibility index (Phi) is 6.67. The molecule has 0 spiro atoms. The van der Waals surface area contributed by atoms with E-state index in [1.807, 2.05) is 35.2 Å². The molecule has 0 heterocycles. The molecule has 1 N–H and O–H groups in total. The Hall–Kier alpha value is -2.29. The van der Waals surface area contributed by atoms with Crippen LogP contribution in [-0.4, -0.2) is 17.5 Å². The molecule has 2 aromatic carbocycles. The van der Waals surface area contributed by atoms with E-state index in [9.17, 15) is 4.79 Å². The number of anilines is 1. The monoisotopic (exact) mass is 310 g/mol. The first-order chi connectivity index (χ1) is 11.2. The van der Waals surface area contributed by atoms with Crippen LogP contribution in [0, 0.1) is 0 Å². The topological polar surface area (TPSA) is 32.3 Å². The minimum absolute atomic E-state index is 0.0356. The lowest BCUT2D eigenvalue weighted by molar-refractivity contribution is 0.208. The molecule has 2 amide bonds. The van der Waals surface area contributed by atoms with Gasteiger partial charge in [0.05, 0.1) is 0 Å². The van der Waals surface area contributed by atoms with E-state index in [1.54, 1.807) is 0 Å². The lowest BCUT2D eigenvalue weighted by atomic mass is 10.1. The Bertz CT molecular complexity index is 593. The molecule has 0 aliphatic carbocycles. The second-order valence-electron chi connectivity index (χ2n) is 5.74. The Balaban J connectivity index is 2.02. The van der Waals surface area contributed by atoms with E-state index in [0.29, 0.717) is 6.54 Å². The molecule has 122 valence electrons. The first-order valence-electron chi connectivity index (χ1n) is 8.41. The predicted molar refractivity (Wildman–Crippen MR) is 96.6 cm³/mol. The second kappa shape index (κ2) is 8.99. The van der Waals surface area contributed by atoms with Crippen molar-refractivity contribution >= 4 is 11.7 Å². The fourth-order valence-electron chi connectivity index (χ4n) is 2.43. The van der Waals surface area contributed by atoms with E-state index in [-0.39, 0.29) is 6.03 Å². The van der Waals surface area contributed by atoms with E-state index in [4.69, 9.17) is 0 Å². The number of rotatable bonds is 7. The van der Waals surface area contributed by atoms with Crippen LogP contribution in [0.3, 0.4) is 0 Å². The number of aryl methyl sites for hydroxylation is 1. The molecule has 0 atom stereocenters. The Morgan fingerprint density at radius 3 is 2.26 bits per heavy atom. The number of carbonyl (C=O) groups excluding carboxylic acids is 1. The van der Waals surface area contributed by atoms with Gasteiger partial charge in [0.25, 0.3) is 0 Å². The van der Waals surface area contributed by atoms with Gasteiger partial charge in [0, 0.05) is 18.8 Å². The number of carbonyl (C=O) groups is 1. The molecule has 0 radical (unpaired) electrons. The van der Waals surface area contributed by atoms with Crippen LogP contribution >= 0.6 is 0 Å². The van der Waals surface area contributed by atoms with Crippen molar-refractivity contribution in [3.63, 3.8) is 0 Å². The number of nitrogens with zero attached hydrogens (tertiary/aromatic N) is 1. The zero-order chi connectivity index (χ0) is 16.5. The number of amides is 2. The first kappa shape index (κ1) is 17.1. The zero-order valence-electron chi connectivity index (χ0n) is 14.1. The van der Waals surface area contributed by atoms with Gasteiger partial charge in [0.1, 0.15) is 0 Å². The van der Waals surface area contributed by atoms with Crippen molar-refractivity contribution in [2.75, 3.05) is 11.9 Å². The number of nitrogens with one attached hydrogen (secondary N) is 1. The van der Waals surface area contributed by atoms with Crippen molar-refractivity contribution in [2.24, 2.45) is 0 Å². The lowest BCUT2D eigenvalue weighted by Gasteiger charge is -2.23. The molecule has 0 aliphatic heterocycles. The first-order valence-corrected chi connectivity index (χ1v) is 8.41. The van der Waals surface area contributed by atoms with Crippen LogP contribution in [0.25, 0.3) is 0 Å². The molecular weight excluding hydrogens is 284 g/mol. The van der Waals surface area contributed by atoms with Gasteiger partial charge < -0.3 is 10.2 Å². The summed E-state index contributed by atoms with van der Waals surface area (Å²) < 4.78 is 0. The summed E-state index contributed by atoms with van der Waals surface area (Å²) in [5, 5.41) is 3.01. The van der Waals surface area contributed by atoms with Gasteiger partial charge in [-0.2, -0.15) is 0 Å². The molecule has 23 heavy (non-hydrogen) atoms. The molecule has 2 rings (SSSR count). The van der Waals surface area contributed by atoms with Gasteiger partial charge in [-0.3, -0.25) is 0 Å². The van der Waals surface area contributed by atoms with Gasteiger partial charge >= 0.3 is 6.03 Å². The number of urea groups is 1. The van der Waals surface area contributed by atoms with Gasteiger partial charge in [0.2, 0.25) is 0 Å². The fourth-order valence-corrected chi connectivity index (χ4v) is 2.43. The van der Waals surface area contributed by atoms with E-state index >= 15 is 0 Å². The number of unbranched alkanes of at least 4 members (excludes halogenated alkanes) is 1. The summed E-state index contributed by atoms with van der Waals surface area (Å²) in [4.78, 5) is 14.5. The Morgan fingerprint density at radius 1 is 0.957 bits per heavy atom. The zero-order valence-corrected chi connectivity index (χ0v) is 14.1. The van der Waals surface area contributed by atoms with E-state index < -0.39 is 0 Å². The van der Waals surface area contributed by atoms with Gasteiger partial charge in [-0.15, -0.1) is 0 Å². The van der Waals surface area contributed by atoms with Crippen LogP contribution in [0.15, 0.2) is 54.6 Å². The van der Waals surface area contributed by atoms with Crippen molar-refractivity contribution < 1.29 is 4.79 Å². The summed E-state index contributed by atoms with van der Waals surface area (Å²) in [5.41, 5.74) is 3.27. The average molecular weight is 310 g/mol. The summed E-state index contributed by atoms with van der Waals surface area (Å²) >= 11 is 0. The Morgan fingerprint density at radius 2 is 1.65 bits per heavy atom. The smallest absolute Gasteiger partial charge is 0.320 e. The molecule has 0 unspecified atom stereocenters. The summed E-state index contributed by atoms with van der Waals surface area (Å²) in [6, 6.07) is 18.1. The van der Waals surface area contributed by atoms with Crippen LogP contribution in [0.1, 0.15) is 37.8 Å². The molecular formula is C20H26N2O. The summed E-state index contributed by atoms with van der Waals surface area (Å²) in [7, 11) is 0. The van der Waals surface area contributed by atoms with Crippen molar-refractivity contribution in [3.8, 4) is 0 Å². The molecule has 3 heteroatoms. The van der Waals surface area contributed by atoms with Crippen molar-refractivity contribution in [3.05, 3.63) is 65.7 Å². The Labute approximate surface area is 139 Å². The molecule has 0 saturated carbocycles. The standard InChI is InChI=1S/C20H26N2O/c1-3-5-15-22(16-18-9-7-6-8-10-18)20(23)21-19-13-11-17(4-2)12-14-19/h6-14H,3-5,15-16H2,1-2H3,(H,21,23). The summed E-state index contributed by atoms with van der Waals surface area (Å²) in [6.45, 7) is 5.67. The highest BCUT2D eigenvalue weighted by molar-refractivity contribution is 5.89. The minimum Gasteiger partial charge on any atom is -0.320 e. The second-order valence-corrected chi connectivity index (χ2v) is 5.74. The van der Waals surface area contributed by atoms with Gasteiger partial charge in [-0.05, 0) is 36.1 Å². The largest absolute Gasteiger partial charge is 0.322 e. The fraction of sp³-hybridized carbons (Fsp3) is 0.350. The van der Waals surface area contributed by atoms with Gasteiger partial charge in [-0.25, -0.2) is 4.79 Å². The van der Waals surface area contributed by atoms with Crippen LogP contribution in [-0.2, 0) is 13.0 Å². The van der Waals surface area contributed by atoms with E-state index in [2.05, 4.69) is 43.4 Å². The maximum absolute atomic E-state index is 12.6. The molecule has 0 saturated heterocycles. The third-order valence-corrected chi connectivity index (χ3v) is 3.90. The van der Waals surface area contributed by atoms with Gasteiger partial charge in [-0.1, -0.05) is 62.7 Å². The quantitative estimate of drug-likeness (QED) is 0.759. The number of benzene rings is 2. The summed E-state index contributed by atoms with van der Waals surface area (Å²) in [6.07, 6.45) is 3.09. The highest BCUT2D eigenvalue weighted by Gasteiger charge is 2.13. The van der Waals surface area contributed by atoms with E-state index in [1.165, 1.54) is 5.56 Å². The van der Waals surface area contributed by atoms with Crippen molar-refractivity contribution in [1.82, 2.24) is 4.90 Å². The molecule has 0 bridgehead atoms.